The SMILES string of the molecule is CC(C)(C)OC(=O)N1CCN(Cc2ccc3cc(-c4ccccc4NC(=O)c4ccccc4Br)oc3c2)CC1. The molecule has 3 aromatic carbocycles. The highest BCUT2D eigenvalue weighted by Crippen LogP contribution is 2.34. The third kappa shape index (κ3) is 6.52. The van der Waals surface area contributed by atoms with Crippen LogP contribution < -0.4 is 5.32 Å². The number of hydrogen-bond acceptors (Lipinski definition) is 5. The number of anilines is 1. The first-order valence-electron chi connectivity index (χ1n) is 13.0. The summed E-state index contributed by atoms with van der Waals surface area (Å²) in [4.78, 5) is 29.4. The van der Waals surface area contributed by atoms with Gasteiger partial charge in [-0.15, -0.1) is 0 Å². The standard InChI is InChI=1S/C31H32BrN3O4/c1-31(2,3)39-30(37)35-16-14-34(15-17-35)20-21-12-13-22-19-28(38-27(22)18-21)24-9-5-7-11-26(24)33-29(36)23-8-4-6-10-25(23)32/h4-13,18-19H,14-17,20H2,1-3H3,(H,33,36). The molecule has 0 bridgehead atoms. The molecule has 0 saturated carbocycles. The van der Waals surface area contributed by atoms with Gasteiger partial charge in [-0.1, -0.05) is 36.4 Å². The number of furan rings is 1. The third-order valence-electron chi connectivity index (χ3n) is 6.57. The average Bonchev–Trinajstić information content (AvgIpc) is 3.32. The Morgan fingerprint density at radius 3 is 2.41 bits per heavy atom. The van der Waals surface area contributed by atoms with Crippen molar-refractivity contribution < 1.29 is 18.7 Å². The van der Waals surface area contributed by atoms with Crippen molar-refractivity contribution in [2.24, 2.45) is 0 Å². The molecule has 0 unspecified atom stereocenters. The molecule has 0 spiro atoms. The maximum Gasteiger partial charge on any atom is 0.410 e. The summed E-state index contributed by atoms with van der Waals surface area (Å²) < 4.78 is 12.5. The highest BCUT2D eigenvalue weighted by molar-refractivity contribution is 9.10. The van der Waals surface area contributed by atoms with Gasteiger partial charge < -0.3 is 19.4 Å². The van der Waals surface area contributed by atoms with E-state index in [1.54, 1.807) is 11.0 Å². The molecule has 0 radical (unpaired) electrons. The maximum atomic E-state index is 12.9. The molecule has 5 rings (SSSR count). The fourth-order valence-corrected chi connectivity index (χ4v) is 5.09. The number of rotatable bonds is 5. The Hall–Kier alpha value is -3.62. The molecule has 7 nitrogen and oxygen atoms in total. The van der Waals surface area contributed by atoms with Crippen molar-refractivity contribution >= 4 is 44.6 Å². The van der Waals surface area contributed by atoms with E-state index in [4.69, 9.17) is 9.15 Å². The van der Waals surface area contributed by atoms with Gasteiger partial charge >= 0.3 is 6.09 Å². The topological polar surface area (TPSA) is 75.0 Å². The quantitative estimate of drug-likeness (QED) is 0.267. The number of carbonyl (C=O) groups excluding carboxylic acids is 2. The third-order valence-corrected chi connectivity index (χ3v) is 7.27. The van der Waals surface area contributed by atoms with Crippen molar-refractivity contribution in [1.82, 2.24) is 9.80 Å². The maximum absolute atomic E-state index is 12.9. The molecule has 39 heavy (non-hydrogen) atoms. The zero-order chi connectivity index (χ0) is 27.6. The lowest BCUT2D eigenvalue weighted by atomic mass is 10.1. The summed E-state index contributed by atoms with van der Waals surface area (Å²) in [6.45, 7) is 9.28. The first-order chi connectivity index (χ1) is 18.7. The van der Waals surface area contributed by atoms with Crippen LogP contribution in [-0.4, -0.2) is 53.6 Å². The minimum atomic E-state index is -0.489. The predicted molar refractivity (Wildman–Crippen MR) is 157 cm³/mol. The average molecular weight is 591 g/mol. The molecule has 8 heteroatoms. The van der Waals surface area contributed by atoms with Crippen LogP contribution in [0.25, 0.3) is 22.3 Å². The molecule has 1 N–H and O–H groups in total. The number of nitrogens with zero attached hydrogens (tertiary/aromatic N) is 2. The summed E-state index contributed by atoms with van der Waals surface area (Å²) >= 11 is 3.45. The molecule has 1 saturated heterocycles. The molecule has 1 aliphatic heterocycles. The minimum absolute atomic E-state index is 0.194. The second-order valence-electron chi connectivity index (χ2n) is 10.7. The van der Waals surface area contributed by atoms with Gasteiger partial charge in [0.05, 0.1) is 11.3 Å². The number of ether oxygens (including phenoxy) is 1. The molecule has 0 atom stereocenters. The van der Waals surface area contributed by atoms with Gasteiger partial charge in [0.1, 0.15) is 16.9 Å². The summed E-state index contributed by atoms with van der Waals surface area (Å²) in [6.07, 6.45) is -0.250. The number of hydrogen-bond donors (Lipinski definition) is 1. The number of carbonyl (C=O) groups is 2. The second kappa shape index (κ2) is 11.2. The van der Waals surface area contributed by atoms with Gasteiger partial charge in [0, 0.05) is 48.1 Å². The molecule has 1 fully saturated rings. The zero-order valence-corrected chi connectivity index (χ0v) is 24.0. The lowest BCUT2D eigenvalue weighted by Gasteiger charge is -2.35. The predicted octanol–water partition coefficient (Wildman–Crippen LogP) is 7.17. The van der Waals surface area contributed by atoms with Crippen molar-refractivity contribution in [3.63, 3.8) is 0 Å². The van der Waals surface area contributed by atoms with Crippen LogP contribution in [0.3, 0.4) is 0 Å². The first-order valence-corrected chi connectivity index (χ1v) is 13.8. The zero-order valence-electron chi connectivity index (χ0n) is 22.4. The number of para-hydroxylation sites is 1. The van der Waals surface area contributed by atoms with E-state index in [-0.39, 0.29) is 12.0 Å². The molecule has 4 aromatic rings. The summed E-state index contributed by atoms with van der Waals surface area (Å²) in [5, 5.41) is 4.02. The van der Waals surface area contributed by atoms with Gasteiger partial charge in [-0.2, -0.15) is 0 Å². The Kier molecular flexibility index (Phi) is 7.77. The van der Waals surface area contributed by atoms with Gasteiger partial charge in [0.25, 0.3) is 5.91 Å². The lowest BCUT2D eigenvalue weighted by Crippen LogP contribution is -2.49. The molecule has 202 valence electrons. The molecule has 1 aliphatic rings. The number of fused-ring (bicyclic) bond motifs is 1. The summed E-state index contributed by atoms with van der Waals surface area (Å²) in [5.74, 6) is 0.497. The Balaban J connectivity index is 1.28. The van der Waals surface area contributed by atoms with Crippen LogP contribution in [0.15, 0.2) is 81.7 Å². The summed E-state index contributed by atoms with van der Waals surface area (Å²) in [6, 6.07) is 23.2. The van der Waals surface area contributed by atoms with Crippen LogP contribution in [0.2, 0.25) is 0 Å². The van der Waals surface area contributed by atoms with Crippen LogP contribution in [0.4, 0.5) is 10.5 Å². The lowest BCUT2D eigenvalue weighted by molar-refractivity contribution is 0.0139. The number of nitrogens with one attached hydrogen (secondary N) is 1. The fourth-order valence-electron chi connectivity index (χ4n) is 4.62. The Bertz CT molecular complexity index is 1500. The van der Waals surface area contributed by atoms with Crippen molar-refractivity contribution in [2.45, 2.75) is 32.9 Å². The molecular weight excluding hydrogens is 558 g/mol. The smallest absolute Gasteiger partial charge is 0.410 e. The fraction of sp³-hybridized carbons (Fsp3) is 0.290. The van der Waals surface area contributed by atoms with Crippen molar-refractivity contribution in [1.29, 1.82) is 0 Å². The van der Waals surface area contributed by atoms with E-state index in [1.165, 1.54) is 0 Å². The van der Waals surface area contributed by atoms with Crippen molar-refractivity contribution in [2.75, 3.05) is 31.5 Å². The number of piperazine rings is 1. The van der Waals surface area contributed by atoms with E-state index in [0.29, 0.717) is 30.1 Å². The van der Waals surface area contributed by atoms with Gasteiger partial charge in [-0.05, 0) is 78.7 Å². The van der Waals surface area contributed by atoms with Gasteiger partial charge in [-0.25, -0.2) is 4.79 Å². The molecule has 0 aliphatic carbocycles. The molecule has 2 amide bonds. The van der Waals surface area contributed by atoms with Gasteiger partial charge in [-0.3, -0.25) is 9.69 Å². The van der Waals surface area contributed by atoms with Gasteiger partial charge in [0.15, 0.2) is 0 Å². The van der Waals surface area contributed by atoms with Crippen LogP contribution >= 0.6 is 15.9 Å². The van der Waals surface area contributed by atoms with Crippen molar-refractivity contribution in [3.05, 3.63) is 88.4 Å². The Morgan fingerprint density at radius 1 is 0.949 bits per heavy atom. The van der Waals surface area contributed by atoms with E-state index in [9.17, 15) is 9.59 Å². The number of halogens is 1. The number of amides is 2. The van der Waals surface area contributed by atoms with Crippen LogP contribution in [-0.2, 0) is 11.3 Å². The Labute approximate surface area is 236 Å². The molecule has 2 heterocycles. The monoisotopic (exact) mass is 589 g/mol. The number of benzene rings is 3. The normalized spacial score (nSPS) is 14.4. The van der Waals surface area contributed by atoms with E-state index >= 15 is 0 Å². The summed E-state index contributed by atoms with van der Waals surface area (Å²) in [7, 11) is 0. The highest BCUT2D eigenvalue weighted by atomic mass is 79.9. The van der Waals surface area contributed by atoms with Crippen molar-refractivity contribution in [3.8, 4) is 11.3 Å². The Morgan fingerprint density at radius 2 is 1.67 bits per heavy atom. The van der Waals surface area contributed by atoms with Crippen LogP contribution in [0.5, 0.6) is 0 Å². The molecular formula is C31H32BrN3O4. The van der Waals surface area contributed by atoms with E-state index < -0.39 is 5.60 Å². The van der Waals surface area contributed by atoms with Crippen LogP contribution in [0.1, 0.15) is 36.7 Å². The van der Waals surface area contributed by atoms with E-state index in [1.807, 2.05) is 69.3 Å². The summed E-state index contributed by atoms with van der Waals surface area (Å²) in [5.41, 5.74) is 3.51. The van der Waals surface area contributed by atoms with E-state index in [0.717, 1.165) is 46.2 Å². The first kappa shape index (κ1) is 27.0. The molecule has 1 aromatic heterocycles. The van der Waals surface area contributed by atoms with Gasteiger partial charge in [0.2, 0.25) is 0 Å². The van der Waals surface area contributed by atoms with E-state index in [2.05, 4.69) is 44.3 Å². The van der Waals surface area contributed by atoms with Crippen LogP contribution in [0, 0.1) is 0 Å². The second-order valence-corrected chi connectivity index (χ2v) is 11.6. The highest BCUT2D eigenvalue weighted by Gasteiger charge is 2.26. The minimum Gasteiger partial charge on any atom is -0.456 e. The largest absolute Gasteiger partial charge is 0.456 e.